The number of likely N-dealkylation sites (tertiary alicyclic amines) is 1. The fourth-order valence-electron chi connectivity index (χ4n) is 3.19. The molecule has 2 aromatic rings. The molecule has 1 unspecified atom stereocenters. The smallest absolute Gasteiger partial charge is 0.234 e. The number of aryl methyl sites for hydroxylation is 1. The molecular formula is C17H22N4O2S. The minimum absolute atomic E-state index is 0.0561. The van der Waals surface area contributed by atoms with Crippen LogP contribution in [0.2, 0.25) is 0 Å². The number of aromatic nitrogens is 2. The molecule has 24 heavy (non-hydrogen) atoms. The minimum atomic E-state index is 0.0561. The first-order valence-corrected chi connectivity index (χ1v) is 9.46. The number of rotatable bonds is 6. The summed E-state index contributed by atoms with van der Waals surface area (Å²) in [6.07, 6.45) is 4.36. The summed E-state index contributed by atoms with van der Waals surface area (Å²) in [4.78, 5) is 20.2. The molecule has 3 heterocycles. The maximum atomic E-state index is 12.3. The maximum Gasteiger partial charge on any atom is 0.234 e. The van der Waals surface area contributed by atoms with Crippen LogP contribution in [0.25, 0.3) is 0 Å². The van der Waals surface area contributed by atoms with Crippen LogP contribution in [0.4, 0.5) is 0 Å². The molecule has 0 bridgehead atoms. The van der Waals surface area contributed by atoms with E-state index in [0.29, 0.717) is 19.0 Å². The van der Waals surface area contributed by atoms with Crippen molar-refractivity contribution >= 4 is 17.2 Å². The van der Waals surface area contributed by atoms with Gasteiger partial charge in [0.2, 0.25) is 11.8 Å². The van der Waals surface area contributed by atoms with Crippen LogP contribution in [-0.4, -0.2) is 34.0 Å². The highest BCUT2D eigenvalue weighted by molar-refractivity contribution is 7.10. The van der Waals surface area contributed by atoms with Crippen molar-refractivity contribution in [3.8, 4) is 0 Å². The van der Waals surface area contributed by atoms with Crippen molar-refractivity contribution in [3.05, 3.63) is 33.6 Å². The molecule has 1 atom stereocenters. The Labute approximate surface area is 145 Å². The SMILES string of the molecule is Cc1ccsc1CNC(=O)CN1CCCC1c1noc(C2CC2)n1. The second kappa shape index (κ2) is 6.64. The third kappa shape index (κ3) is 3.37. The summed E-state index contributed by atoms with van der Waals surface area (Å²) in [7, 11) is 0. The molecule has 0 aromatic carbocycles. The van der Waals surface area contributed by atoms with Gasteiger partial charge in [-0.15, -0.1) is 11.3 Å². The number of amides is 1. The summed E-state index contributed by atoms with van der Waals surface area (Å²) in [6.45, 7) is 3.98. The Kier molecular flexibility index (Phi) is 4.37. The highest BCUT2D eigenvalue weighted by Crippen LogP contribution is 2.40. The molecule has 1 amide bonds. The largest absolute Gasteiger partial charge is 0.350 e. The summed E-state index contributed by atoms with van der Waals surface area (Å²) in [6, 6.07) is 2.19. The number of carbonyl (C=O) groups is 1. The molecule has 2 aromatic heterocycles. The Morgan fingerprint density at radius 2 is 2.33 bits per heavy atom. The highest BCUT2D eigenvalue weighted by Gasteiger charge is 2.34. The standard InChI is InChI=1S/C17H22N4O2S/c1-11-6-8-24-14(11)9-18-15(22)10-21-7-2-3-13(21)16-19-17(23-20-16)12-4-5-12/h6,8,12-13H,2-5,7,9-10H2,1H3,(H,18,22). The molecule has 1 aliphatic carbocycles. The predicted octanol–water partition coefficient (Wildman–Crippen LogP) is 2.77. The molecule has 1 aliphatic heterocycles. The average Bonchev–Trinajstić information content (AvgIpc) is 2.97. The topological polar surface area (TPSA) is 71.3 Å². The summed E-state index contributed by atoms with van der Waals surface area (Å²) >= 11 is 1.68. The summed E-state index contributed by atoms with van der Waals surface area (Å²) in [5.41, 5.74) is 1.23. The van der Waals surface area contributed by atoms with Gasteiger partial charge >= 0.3 is 0 Å². The monoisotopic (exact) mass is 346 g/mol. The van der Waals surface area contributed by atoms with Crippen LogP contribution < -0.4 is 5.32 Å². The van der Waals surface area contributed by atoms with E-state index in [9.17, 15) is 4.79 Å². The third-order valence-corrected chi connectivity index (χ3v) is 5.83. The van der Waals surface area contributed by atoms with E-state index in [1.807, 2.05) is 0 Å². The van der Waals surface area contributed by atoms with E-state index in [4.69, 9.17) is 4.52 Å². The van der Waals surface area contributed by atoms with Crippen LogP contribution in [0.15, 0.2) is 16.0 Å². The van der Waals surface area contributed by atoms with E-state index >= 15 is 0 Å². The van der Waals surface area contributed by atoms with Crippen LogP contribution in [0.3, 0.4) is 0 Å². The van der Waals surface area contributed by atoms with Crippen molar-refractivity contribution < 1.29 is 9.32 Å². The first kappa shape index (κ1) is 15.8. The quantitative estimate of drug-likeness (QED) is 0.871. The first-order chi connectivity index (χ1) is 11.7. The van der Waals surface area contributed by atoms with Gasteiger partial charge in [-0.2, -0.15) is 4.98 Å². The summed E-state index contributed by atoms with van der Waals surface area (Å²) in [5, 5.41) is 9.24. The zero-order valence-corrected chi connectivity index (χ0v) is 14.6. The Morgan fingerprint density at radius 1 is 1.46 bits per heavy atom. The predicted molar refractivity (Wildman–Crippen MR) is 90.7 cm³/mol. The highest BCUT2D eigenvalue weighted by atomic mass is 32.1. The van der Waals surface area contributed by atoms with Gasteiger partial charge in [0.25, 0.3) is 0 Å². The van der Waals surface area contributed by atoms with E-state index in [1.54, 1.807) is 11.3 Å². The zero-order chi connectivity index (χ0) is 16.5. The normalized spacial score (nSPS) is 21.3. The van der Waals surface area contributed by atoms with Crippen LogP contribution in [0.5, 0.6) is 0 Å². The van der Waals surface area contributed by atoms with Crippen LogP contribution in [-0.2, 0) is 11.3 Å². The third-order valence-electron chi connectivity index (χ3n) is 4.81. The molecule has 128 valence electrons. The molecule has 1 saturated heterocycles. The molecule has 2 fully saturated rings. The fourth-order valence-corrected chi connectivity index (χ4v) is 4.04. The summed E-state index contributed by atoms with van der Waals surface area (Å²) in [5.74, 6) is 2.05. The van der Waals surface area contributed by atoms with Crippen LogP contribution >= 0.6 is 11.3 Å². The number of nitrogens with one attached hydrogen (secondary N) is 1. The number of hydrogen-bond acceptors (Lipinski definition) is 6. The number of hydrogen-bond donors (Lipinski definition) is 1. The van der Waals surface area contributed by atoms with E-state index < -0.39 is 0 Å². The molecule has 6 nitrogen and oxygen atoms in total. The molecule has 1 saturated carbocycles. The van der Waals surface area contributed by atoms with Crippen molar-refractivity contribution in [1.29, 1.82) is 0 Å². The van der Waals surface area contributed by atoms with Gasteiger partial charge in [0.05, 0.1) is 19.1 Å². The van der Waals surface area contributed by atoms with E-state index in [1.165, 1.54) is 10.4 Å². The lowest BCUT2D eigenvalue weighted by atomic mass is 10.2. The van der Waals surface area contributed by atoms with Gasteiger partial charge in [-0.3, -0.25) is 9.69 Å². The Morgan fingerprint density at radius 3 is 3.08 bits per heavy atom. The zero-order valence-electron chi connectivity index (χ0n) is 13.8. The van der Waals surface area contributed by atoms with Crippen molar-refractivity contribution in [3.63, 3.8) is 0 Å². The van der Waals surface area contributed by atoms with Gasteiger partial charge in [-0.25, -0.2) is 0 Å². The lowest BCUT2D eigenvalue weighted by Gasteiger charge is -2.21. The Bertz CT molecular complexity index is 722. The lowest BCUT2D eigenvalue weighted by Crippen LogP contribution is -2.36. The van der Waals surface area contributed by atoms with Crippen LogP contribution in [0.1, 0.15) is 59.8 Å². The van der Waals surface area contributed by atoms with Crippen molar-refractivity contribution in [1.82, 2.24) is 20.4 Å². The van der Waals surface area contributed by atoms with E-state index in [-0.39, 0.29) is 11.9 Å². The Hall–Kier alpha value is -1.73. The van der Waals surface area contributed by atoms with Crippen molar-refractivity contribution in [2.45, 2.75) is 51.1 Å². The second-order valence-electron chi connectivity index (χ2n) is 6.70. The fraction of sp³-hybridized carbons (Fsp3) is 0.588. The molecule has 4 rings (SSSR count). The maximum absolute atomic E-state index is 12.3. The van der Waals surface area contributed by atoms with Gasteiger partial charge < -0.3 is 9.84 Å². The van der Waals surface area contributed by atoms with Crippen LogP contribution in [0, 0.1) is 6.92 Å². The number of nitrogens with zero attached hydrogens (tertiary/aromatic N) is 3. The van der Waals surface area contributed by atoms with E-state index in [2.05, 4.69) is 38.7 Å². The van der Waals surface area contributed by atoms with Gasteiger partial charge in [0.1, 0.15) is 0 Å². The lowest BCUT2D eigenvalue weighted by molar-refractivity contribution is -0.122. The molecular weight excluding hydrogens is 324 g/mol. The van der Waals surface area contributed by atoms with Gasteiger partial charge in [0.15, 0.2) is 5.82 Å². The van der Waals surface area contributed by atoms with Crippen molar-refractivity contribution in [2.75, 3.05) is 13.1 Å². The molecule has 1 N–H and O–H groups in total. The minimum Gasteiger partial charge on any atom is -0.350 e. The van der Waals surface area contributed by atoms with E-state index in [0.717, 1.165) is 43.9 Å². The second-order valence-corrected chi connectivity index (χ2v) is 7.70. The molecule has 0 spiro atoms. The molecule has 7 heteroatoms. The first-order valence-electron chi connectivity index (χ1n) is 8.58. The summed E-state index contributed by atoms with van der Waals surface area (Å²) < 4.78 is 5.38. The van der Waals surface area contributed by atoms with Crippen molar-refractivity contribution in [2.24, 2.45) is 0 Å². The molecule has 2 aliphatic rings. The van der Waals surface area contributed by atoms with Gasteiger partial charge in [0, 0.05) is 10.8 Å². The molecule has 0 radical (unpaired) electrons. The number of thiophene rings is 1. The van der Waals surface area contributed by atoms with Gasteiger partial charge in [-0.1, -0.05) is 5.16 Å². The average molecular weight is 346 g/mol. The number of carbonyl (C=O) groups excluding carboxylic acids is 1. The Balaban J connectivity index is 1.34. The van der Waals surface area contributed by atoms with Gasteiger partial charge in [-0.05, 0) is 56.2 Å².